The van der Waals surface area contributed by atoms with Gasteiger partial charge in [-0.15, -0.1) is 0 Å². The smallest absolute Gasteiger partial charge is 0.205 e. The average molecular weight is 382 g/mol. The van der Waals surface area contributed by atoms with Crippen LogP contribution in [-0.4, -0.2) is 53.5 Å². The second kappa shape index (κ2) is 8.08. The van der Waals surface area contributed by atoms with Crippen molar-refractivity contribution in [3.8, 4) is 11.5 Å². The largest absolute Gasteiger partial charge is 0.493 e. The van der Waals surface area contributed by atoms with Crippen molar-refractivity contribution in [2.75, 3.05) is 39.2 Å². The predicted molar refractivity (Wildman–Crippen MR) is 109 cm³/mol. The molecular formula is C21H26N4O3. The number of fused-ring (bicyclic) bond motifs is 2. The number of aliphatic hydroxyl groups is 1. The third-order valence-electron chi connectivity index (χ3n) is 5.19. The Morgan fingerprint density at radius 2 is 1.86 bits per heavy atom. The first kappa shape index (κ1) is 18.6. The minimum atomic E-state index is 0.0714. The molecule has 0 aliphatic carbocycles. The van der Waals surface area contributed by atoms with Gasteiger partial charge < -0.3 is 19.9 Å². The van der Waals surface area contributed by atoms with Crippen LogP contribution < -0.4 is 14.8 Å². The SMILES string of the molecule is COc1cc2c(cc1OC)CN(Cn1c(NCCO)nc3ccccc31)CC2. The zero-order valence-corrected chi connectivity index (χ0v) is 16.3. The Hall–Kier alpha value is -2.77. The van der Waals surface area contributed by atoms with Gasteiger partial charge >= 0.3 is 0 Å². The number of benzene rings is 2. The van der Waals surface area contributed by atoms with Crippen LogP contribution >= 0.6 is 0 Å². The molecule has 1 aliphatic heterocycles. The molecule has 7 heteroatoms. The molecule has 0 saturated carbocycles. The van der Waals surface area contributed by atoms with E-state index in [9.17, 15) is 5.11 Å². The highest BCUT2D eigenvalue weighted by molar-refractivity contribution is 5.78. The highest BCUT2D eigenvalue weighted by Crippen LogP contribution is 2.33. The molecule has 0 radical (unpaired) electrons. The molecule has 4 rings (SSSR count). The summed E-state index contributed by atoms with van der Waals surface area (Å²) < 4.78 is 13.1. The standard InChI is InChI=1S/C21H26N4O3/c1-27-19-11-15-7-9-24(13-16(15)12-20(19)28-2)14-25-18-6-4-3-5-17(18)23-21(25)22-8-10-26/h3-6,11-12,26H,7-10,13-14H2,1-2H3,(H,22,23). The summed E-state index contributed by atoms with van der Waals surface area (Å²) in [5.41, 5.74) is 4.61. The molecule has 0 fully saturated rings. The van der Waals surface area contributed by atoms with Crippen LogP contribution in [0.15, 0.2) is 36.4 Å². The maximum Gasteiger partial charge on any atom is 0.205 e. The van der Waals surface area contributed by atoms with Crippen LogP contribution in [0.25, 0.3) is 11.0 Å². The van der Waals surface area contributed by atoms with Crippen LogP contribution in [0.3, 0.4) is 0 Å². The fourth-order valence-electron chi connectivity index (χ4n) is 3.78. The Morgan fingerprint density at radius 1 is 1.11 bits per heavy atom. The Balaban J connectivity index is 1.60. The van der Waals surface area contributed by atoms with E-state index in [1.807, 2.05) is 18.2 Å². The lowest BCUT2D eigenvalue weighted by molar-refractivity contribution is 0.203. The van der Waals surface area contributed by atoms with E-state index in [2.05, 4.69) is 38.0 Å². The molecule has 0 atom stereocenters. The van der Waals surface area contributed by atoms with Crippen molar-refractivity contribution in [3.05, 3.63) is 47.5 Å². The number of imidazole rings is 1. The third kappa shape index (κ3) is 3.50. The predicted octanol–water partition coefficient (Wildman–Crippen LogP) is 2.47. The van der Waals surface area contributed by atoms with Gasteiger partial charge in [-0.05, 0) is 41.8 Å². The summed E-state index contributed by atoms with van der Waals surface area (Å²) in [6.07, 6.45) is 0.960. The van der Waals surface area contributed by atoms with E-state index in [0.717, 1.165) is 54.7 Å². The highest BCUT2D eigenvalue weighted by atomic mass is 16.5. The lowest BCUT2D eigenvalue weighted by Crippen LogP contribution is -2.32. The fraction of sp³-hybridized carbons (Fsp3) is 0.381. The van der Waals surface area contributed by atoms with Gasteiger partial charge in [0.1, 0.15) is 0 Å². The van der Waals surface area contributed by atoms with Gasteiger partial charge in [0.25, 0.3) is 0 Å². The van der Waals surface area contributed by atoms with E-state index in [4.69, 9.17) is 9.47 Å². The van der Waals surface area contributed by atoms with Crippen molar-refractivity contribution in [1.29, 1.82) is 0 Å². The van der Waals surface area contributed by atoms with Gasteiger partial charge in [0.2, 0.25) is 5.95 Å². The first-order valence-electron chi connectivity index (χ1n) is 9.49. The van der Waals surface area contributed by atoms with E-state index in [1.54, 1.807) is 14.2 Å². The van der Waals surface area contributed by atoms with Crippen LogP contribution in [0, 0.1) is 0 Å². The maximum atomic E-state index is 9.18. The molecule has 0 bridgehead atoms. The topological polar surface area (TPSA) is 71.8 Å². The molecule has 1 aromatic heterocycles. The van der Waals surface area contributed by atoms with E-state index in [-0.39, 0.29) is 6.61 Å². The molecule has 2 aromatic carbocycles. The summed E-state index contributed by atoms with van der Waals surface area (Å²) >= 11 is 0. The number of ether oxygens (including phenoxy) is 2. The van der Waals surface area contributed by atoms with Crippen molar-refractivity contribution < 1.29 is 14.6 Å². The van der Waals surface area contributed by atoms with Gasteiger partial charge in [-0.3, -0.25) is 9.47 Å². The van der Waals surface area contributed by atoms with Crippen molar-refractivity contribution in [2.24, 2.45) is 0 Å². The van der Waals surface area contributed by atoms with Gasteiger partial charge in [0.15, 0.2) is 11.5 Å². The number of methoxy groups -OCH3 is 2. The Morgan fingerprint density at radius 3 is 2.61 bits per heavy atom. The number of rotatable bonds is 7. The molecule has 0 spiro atoms. The van der Waals surface area contributed by atoms with E-state index in [0.29, 0.717) is 6.54 Å². The number of hydrogen-bond donors (Lipinski definition) is 2. The van der Waals surface area contributed by atoms with E-state index >= 15 is 0 Å². The molecular weight excluding hydrogens is 356 g/mol. The third-order valence-corrected chi connectivity index (χ3v) is 5.19. The Bertz CT molecular complexity index is 970. The number of para-hydroxylation sites is 2. The number of aliphatic hydroxyl groups excluding tert-OH is 1. The minimum absolute atomic E-state index is 0.0714. The van der Waals surface area contributed by atoms with Crippen LogP contribution in [0.4, 0.5) is 5.95 Å². The van der Waals surface area contributed by atoms with Gasteiger partial charge in [0.05, 0.1) is 38.5 Å². The van der Waals surface area contributed by atoms with Gasteiger partial charge in [-0.25, -0.2) is 4.98 Å². The summed E-state index contributed by atoms with van der Waals surface area (Å²) in [6, 6.07) is 12.3. The van der Waals surface area contributed by atoms with Gasteiger partial charge in [0, 0.05) is 19.6 Å². The normalized spacial score (nSPS) is 14.1. The molecule has 2 heterocycles. The molecule has 1 aliphatic rings. The van der Waals surface area contributed by atoms with E-state index in [1.165, 1.54) is 11.1 Å². The zero-order valence-electron chi connectivity index (χ0n) is 16.3. The quantitative estimate of drug-likeness (QED) is 0.654. The van der Waals surface area contributed by atoms with Gasteiger partial charge in [-0.2, -0.15) is 0 Å². The minimum Gasteiger partial charge on any atom is -0.493 e. The molecule has 2 N–H and O–H groups in total. The van der Waals surface area contributed by atoms with Crippen LogP contribution in [-0.2, 0) is 19.6 Å². The number of nitrogens with one attached hydrogen (secondary N) is 1. The molecule has 3 aromatic rings. The second-order valence-electron chi connectivity index (χ2n) is 6.92. The van der Waals surface area contributed by atoms with Crippen molar-refractivity contribution in [1.82, 2.24) is 14.5 Å². The molecule has 0 unspecified atom stereocenters. The number of aromatic nitrogens is 2. The van der Waals surface area contributed by atoms with Crippen molar-refractivity contribution in [2.45, 2.75) is 19.6 Å². The monoisotopic (exact) mass is 382 g/mol. The van der Waals surface area contributed by atoms with Crippen LogP contribution in [0.2, 0.25) is 0 Å². The molecule has 7 nitrogen and oxygen atoms in total. The zero-order chi connectivity index (χ0) is 19.5. The first-order chi connectivity index (χ1) is 13.7. The summed E-state index contributed by atoms with van der Waals surface area (Å²) in [6.45, 7) is 3.06. The molecule has 148 valence electrons. The summed E-state index contributed by atoms with van der Waals surface area (Å²) in [5, 5.41) is 12.4. The maximum absolute atomic E-state index is 9.18. The Kier molecular flexibility index (Phi) is 5.36. The van der Waals surface area contributed by atoms with Crippen molar-refractivity contribution in [3.63, 3.8) is 0 Å². The Labute approximate surface area is 164 Å². The van der Waals surface area contributed by atoms with E-state index < -0.39 is 0 Å². The van der Waals surface area contributed by atoms with Crippen LogP contribution in [0.5, 0.6) is 11.5 Å². The van der Waals surface area contributed by atoms with Crippen molar-refractivity contribution >= 4 is 17.0 Å². The molecule has 28 heavy (non-hydrogen) atoms. The first-order valence-corrected chi connectivity index (χ1v) is 9.49. The summed E-state index contributed by atoms with van der Waals surface area (Å²) in [4.78, 5) is 7.08. The lowest BCUT2D eigenvalue weighted by Gasteiger charge is -2.30. The number of anilines is 1. The highest BCUT2D eigenvalue weighted by Gasteiger charge is 2.21. The number of nitrogens with zero attached hydrogens (tertiary/aromatic N) is 3. The van der Waals surface area contributed by atoms with Crippen LogP contribution in [0.1, 0.15) is 11.1 Å². The second-order valence-corrected chi connectivity index (χ2v) is 6.92. The molecule has 0 saturated heterocycles. The molecule has 0 amide bonds. The number of hydrogen-bond acceptors (Lipinski definition) is 6. The average Bonchev–Trinajstić information content (AvgIpc) is 3.08. The van der Waals surface area contributed by atoms with Gasteiger partial charge in [-0.1, -0.05) is 12.1 Å². The lowest BCUT2D eigenvalue weighted by atomic mass is 9.99. The summed E-state index contributed by atoms with van der Waals surface area (Å²) in [7, 11) is 3.34. The fourth-order valence-corrected chi connectivity index (χ4v) is 3.78. The summed E-state index contributed by atoms with van der Waals surface area (Å²) in [5.74, 6) is 2.33.